The lowest BCUT2D eigenvalue weighted by atomic mass is 10.2. The number of carbonyl (C=O) groups excluding carboxylic acids is 1. The van der Waals surface area contributed by atoms with Crippen molar-refractivity contribution in [2.75, 3.05) is 20.2 Å². The van der Waals surface area contributed by atoms with E-state index in [0.717, 1.165) is 0 Å². The van der Waals surface area contributed by atoms with Crippen LogP contribution in [0.1, 0.15) is 18.6 Å². The Morgan fingerprint density at radius 1 is 1.68 bits per heavy atom. The fourth-order valence-corrected chi connectivity index (χ4v) is 1.65. The zero-order valence-corrected chi connectivity index (χ0v) is 11.0. The quantitative estimate of drug-likeness (QED) is 0.753. The summed E-state index contributed by atoms with van der Waals surface area (Å²) in [7, 11) is 1.52. The highest BCUT2D eigenvalue weighted by atomic mass is 16.5. The van der Waals surface area contributed by atoms with Crippen molar-refractivity contribution < 1.29 is 13.9 Å². The molecule has 0 saturated carbocycles. The minimum absolute atomic E-state index is 0.0936. The van der Waals surface area contributed by atoms with Crippen LogP contribution in [-0.4, -0.2) is 37.1 Å². The Balaban J connectivity index is 2.62. The van der Waals surface area contributed by atoms with E-state index in [9.17, 15) is 4.79 Å². The van der Waals surface area contributed by atoms with Gasteiger partial charge in [-0.1, -0.05) is 0 Å². The first-order valence-electron chi connectivity index (χ1n) is 6.11. The first-order valence-corrected chi connectivity index (χ1v) is 6.11. The van der Waals surface area contributed by atoms with Crippen LogP contribution in [0.5, 0.6) is 0 Å². The molecule has 1 aromatic rings. The van der Waals surface area contributed by atoms with Gasteiger partial charge in [0.25, 0.3) is 0 Å². The third-order valence-electron chi connectivity index (χ3n) is 2.77. The van der Waals surface area contributed by atoms with Crippen LogP contribution in [0.2, 0.25) is 0 Å². The van der Waals surface area contributed by atoms with Gasteiger partial charge in [-0.2, -0.15) is 5.26 Å². The second kappa shape index (κ2) is 8.29. The van der Waals surface area contributed by atoms with E-state index in [-0.39, 0.29) is 31.4 Å². The number of carbonyl (C=O) groups is 1. The molecule has 0 fully saturated rings. The number of ether oxygens (including phenoxy) is 1. The predicted octanol–water partition coefficient (Wildman–Crippen LogP) is 0.886. The summed E-state index contributed by atoms with van der Waals surface area (Å²) in [6.45, 7) is 1.01. The van der Waals surface area contributed by atoms with Crippen LogP contribution in [0.4, 0.5) is 0 Å². The van der Waals surface area contributed by atoms with Crippen molar-refractivity contribution in [3.8, 4) is 6.07 Å². The molecule has 1 heterocycles. The second-order valence-electron chi connectivity index (χ2n) is 4.10. The van der Waals surface area contributed by atoms with Gasteiger partial charge in [-0.15, -0.1) is 0 Å². The number of amides is 1. The van der Waals surface area contributed by atoms with Crippen LogP contribution in [0.3, 0.4) is 0 Å². The molecule has 1 rings (SSSR count). The summed E-state index contributed by atoms with van der Waals surface area (Å²) in [6.07, 6.45) is 1.75. The monoisotopic (exact) mass is 265 g/mol. The van der Waals surface area contributed by atoms with E-state index >= 15 is 0 Å². The van der Waals surface area contributed by atoms with Gasteiger partial charge in [-0.3, -0.25) is 4.79 Å². The van der Waals surface area contributed by atoms with Gasteiger partial charge in [0.2, 0.25) is 5.91 Å². The number of methoxy groups -OCH3 is 1. The average molecular weight is 265 g/mol. The highest BCUT2D eigenvalue weighted by molar-refractivity contribution is 5.76. The summed E-state index contributed by atoms with van der Waals surface area (Å²) in [5.41, 5.74) is 5.50. The van der Waals surface area contributed by atoms with Crippen molar-refractivity contribution in [3.63, 3.8) is 0 Å². The number of furan rings is 1. The van der Waals surface area contributed by atoms with Gasteiger partial charge >= 0.3 is 0 Å². The van der Waals surface area contributed by atoms with E-state index in [0.29, 0.717) is 18.8 Å². The van der Waals surface area contributed by atoms with Crippen LogP contribution in [0, 0.1) is 11.3 Å². The lowest BCUT2D eigenvalue weighted by Gasteiger charge is -2.22. The first kappa shape index (κ1) is 15.2. The van der Waals surface area contributed by atoms with E-state index in [2.05, 4.69) is 0 Å². The molecule has 1 aromatic heterocycles. The molecule has 0 aliphatic carbocycles. The number of hydrogen-bond donors (Lipinski definition) is 1. The van der Waals surface area contributed by atoms with Crippen molar-refractivity contribution in [2.45, 2.75) is 25.5 Å². The highest BCUT2D eigenvalue weighted by Crippen LogP contribution is 2.09. The van der Waals surface area contributed by atoms with E-state index in [1.807, 2.05) is 6.07 Å². The van der Waals surface area contributed by atoms with Crippen molar-refractivity contribution in [1.82, 2.24) is 4.90 Å². The standard InChI is InChI=1S/C13H19N3O3/c1-18-12(9-15)8-13(17)16(6-3-5-14)10-11-4-2-7-19-11/h2,4,7,12H,3,6,8-10,15H2,1H3. The Kier molecular flexibility index (Phi) is 6.64. The van der Waals surface area contributed by atoms with E-state index in [1.54, 1.807) is 23.3 Å². The normalized spacial score (nSPS) is 11.8. The minimum atomic E-state index is -0.298. The van der Waals surface area contributed by atoms with Crippen molar-refractivity contribution in [3.05, 3.63) is 24.2 Å². The zero-order chi connectivity index (χ0) is 14.1. The molecule has 0 spiro atoms. The van der Waals surface area contributed by atoms with Gasteiger partial charge in [0.1, 0.15) is 5.76 Å². The van der Waals surface area contributed by atoms with Crippen LogP contribution in [-0.2, 0) is 16.1 Å². The van der Waals surface area contributed by atoms with Crippen molar-refractivity contribution >= 4 is 5.91 Å². The molecule has 6 heteroatoms. The van der Waals surface area contributed by atoms with Crippen molar-refractivity contribution in [2.24, 2.45) is 5.73 Å². The molecule has 1 amide bonds. The number of rotatable bonds is 8. The number of hydrogen-bond acceptors (Lipinski definition) is 5. The van der Waals surface area contributed by atoms with E-state index < -0.39 is 0 Å². The first-order chi connectivity index (χ1) is 9.21. The largest absolute Gasteiger partial charge is 0.467 e. The van der Waals surface area contributed by atoms with E-state index in [1.165, 1.54) is 7.11 Å². The Morgan fingerprint density at radius 3 is 3.00 bits per heavy atom. The second-order valence-corrected chi connectivity index (χ2v) is 4.10. The molecule has 0 bridgehead atoms. The van der Waals surface area contributed by atoms with Gasteiger partial charge in [-0.05, 0) is 12.1 Å². The number of nitrogens with two attached hydrogens (primary N) is 1. The maximum absolute atomic E-state index is 12.1. The zero-order valence-electron chi connectivity index (χ0n) is 11.0. The average Bonchev–Trinajstić information content (AvgIpc) is 2.93. The molecule has 0 aliphatic heterocycles. The molecule has 19 heavy (non-hydrogen) atoms. The number of nitrogens with zero attached hydrogens (tertiary/aromatic N) is 2. The maximum Gasteiger partial charge on any atom is 0.225 e. The number of nitriles is 1. The highest BCUT2D eigenvalue weighted by Gasteiger charge is 2.19. The lowest BCUT2D eigenvalue weighted by molar-refractivity contribution is -0.134. The Morgan fingerprint density at radius 2 is 2.47 bits per heavy atom. The molecule has 1 unspecified atom stereocenters. The van der Waals surface area contributed by atoms with Gasteiger partial charge in [0, 0.05) is 20.2 Å². The van der Waals surface area contributed by atoms with Crippen LogP contribution >= 0.6 is 0 Å². The van der Waals surface area contributed by atoms with Crippen LogP contribution in [0.15, 0.2) is 22.8 Å². The van der Waals surface area contributed by atoms with Gasteiger partial charge in [-0.25, -0.2) is 0 Å². The topological polar surface area (TPSA) is 92.5 Å². The molecule has 0 radical (unpaired) electrons. The molecule has 0 aromatic carbocycles. The van der Waals surface area contributed by atoms with Gasteiger partial charge in [0.15, 0.2) is 0 Å². The Bertz CT molecular complexity index is 407. The Hall–Kier alpha value is -1.84. The van der Waals surface area contributed by atoms with Gasteiger partial charge in [0.05, 0.1) is 37.8 Å². The molecular formula is C13H19N3O3. The summed E-state index contributed by atoms with van der Waals surface area (Å²) in [5.74, 6) is 0.594. The van der Waals surface area contributed by atoms with Gasteiger partial charge < -0.3 is 19.8 Å². The summed E-state index contributed by atoms with van der Waals surface area (Å²) < 4.78 is 10.3. The molecule has 1 atom stereocenters. The summed E-state index contributed by atoms with van der Waals surface area (Å²) in [4.78, 5) is 13.7. The molecule has 2 N–H and O–H groups in total. The minimum Gasteiger partial charge on any atom is -0.467 e. The SMILES string of the molecule is COC(CN)CC(=O)N(CCC#N)Cc1ccco1. The van der Waals surface area contributed by atoms with Crippen LogP contribution in [0.25, 0.3) is 0 Å². The molecule has 0 saturated heterocycles. The fourth-order valence-electron chi connectivity index (χ4n) is 1.65. The molecular weight excluding hydrogens is 246 g/mol. The predicted molar refractivity (Wildman–Crippen MR) is 68.8 cm³/mol. The van der Waals surface area contributed by atoms with Crippen LogP contribution < -0.4 is 5.73 Å². The third kappa shape index (κ3) is 5.12. The maximum atomic E-state index is 12.1. The Labute approximate surface area is 112 Å². The molecule has 0 aliphatic rings. The van der Waals surface area contributed by atoms with Crippen molar-refractivity contribution in [1.29, 1.82) is 5.26 Å². The fraction of sp³-hybridized carbons (Fsp3) is 0.538. The summed E-state index contributed by atoms with van der Waals surface area (Å²) >= 11 is 0. The smallest absolute Gasteiger partial charge is 0.225 e. The summed E-state index contributed by atoms with van der Waals surface area (Å²) in [6, 6.07) is 5.59. The lowest BCUT2D eigenvalue weighted by Crippen LogP contribution is -2.36. The molecule has 6 nitrogen and oxygen atoms in total. The molecule has 104 valence electrons. The summed E-state index contributed by atoms with van der Waals surface area (Å²) in [5, 5.41) is 8.64. The third-order valence-corrected chi connectivity index (χ3v) is 2.77. The van der Waals surface area contributed by atoms with E-state index in [4.69, 9.17) is 20.1 Å².